The summed E-state index contributed by atoms with van der Waals surface area (Å²) < 4.78 is 0. The maximum absolute atomic E-state index is 4.78. The molecular formula is C19H30N2S. The van der Waals surface area contributed by atoms with Gasteiger partial charge in [0, 0.05) is 23.1 Å². The van der Waals surface area contributed by atoms with Gasteiger partial charge in [-0.1, -0.05) is 38.7 Å². The maximum Gasteiger partial charge on any atom is 0.101 e. The van der Waals surface area contributed by atoms with Gasteiger partial charge in [0.2, 0.25) is 0 Å². The molecule has 1 aromatic heterocycles. The van der Waals surface area contributed by atoms with Crippen molar-refractivity contribution in [3.63, 3.8) is 0 Å². The van der Waals surface area contributed by atoms with Crippen molar-refractivity contribution in [3.8, 4) is 0 Å². The van der Waals surface area contributed by atoms with Crippen molar-refractivity contribution >= 4 is 11.8 Å². The summed E-state index contributed by atoms with van der Waals surface area (Å²) in [5.74, 6) is 0. The third-order valence-electron chi connectivity index (χ3n) is 5.11. The van der Waals surface area contributed by atoms with Gasteiger partial charge in [0.15, 0.2) is 0 Å². The van der Waals surface area contributed by atoms with Crippen molar-refractivity contribution in [3.05, 3.63) is 23.9 Å². The lowest BCUT2D eigenvalue weighted by atomic mass is 9.96. The molecule has 0 aromatic carbocycles. The molecule has 22 heavy (non-hydrogen) atoms. The fourth-order valence-corrected chi connectivity index (χ4v) is 5.34. The van der Waals surface area contributed by atoms with Crippen LogP contribution in [0.2, 0.25) is 0 Å². The van der Waals surface area contributed by atoms with Crippen LogP contribution in [0.5, 0.6) is 0 Å². The van der Waals surface area contributed by atoms with Crippen molar-refractivity contribution < 1.29 is 0 Å². The van der Waals surface area contributed by atoms with Crippen molar-refractivity contribution in [2.75, 3.05) is 13.1 Å². The number of thioether (sulfide) groups is 1. The maximum atomic E-state index is 4.78. The monoisotopic (exact) mass is 318 g/mol. The Labute approximate surface area is 140 Å². The quantitative estimate of drug-likeness (QED) is 0.719. The zero-order chi connectivity index (χ0) is 15.2. The molecule has 0 unspecified atom stereocenters. The van der Waals surface area contributed by atoms with Crippen LogP contribution in [-0.2, 0) is 0 Å². The van der Waals surface area contributed by atoms with Crippen LogP contribution < -0.4 is 0 Å². The lowest BCUT2D eigenvalue weighted by Crippen LogP contribution is -2.34. The molecule has 2 nitrogen and oxygen atoms in total. The fourth-order valence-electron chi connectivity index (χ4n) is 3.99. The average molecular weight is 319 g/mol. The summed E-state index contributed by atoms with van der Waals surface area (Å²) in [6.07, 6.45) is 14.3. The average Bonchev–Trinajstić information content (AvgIpc) is 2.57. The van der Waals surface area contributed by atoms with Crippen molar-refractivity contribution in [1.82, 2.24) is 9.88 Å². The number of hydrogen-bond donors (Lipinski definition) is 0. The highest BCUT2D eigenvalue weighted by Crippen LogP contribution is 2.39. The summed E-state index contributed by atoms with van der Waals surface area (Å²) in [4.78, 5) is 7.48. The third-order valence-corrected chi connectivity index (χ3v) is 6.48. The molecule has 0 bridgehead atoms. The summed E-state index contributed by atoms with van der Waals surface area (Å²) >= 11 is 2.07. The van der Waals surface area contributed by atoms with E-state index in [9.17, 15) is 0 Å². The first-order valence-corrected chi connectivity index (χ1v) is 10.1. The molecule has 1 aliphatic heterocycles. The van der Waals surface area contributed by atoms with Gasteiger partial charge in [0.1, 0.15) is 5.03 Å². The number of aromatic nitrogens is 1. The second-order valence-electron chi connectivity index (χ2n) is 6.82. The lowest BCUT2D eigenvalue weighted by molar-refractivity contribution is 0.146. The molecule has 0 amide bonds. The Morgan fingerprint density at radius 2 is 1.95 bits per heavy atom. The van der Waals surface area contributed by atoms with E-state index in [0.29, 0.717) is 6.04 Å². The topological polar surface area (TPSA) is 16.1 Å². The smallest absolute Gasteiger partial charge is 0.101 e. The van der Waals surface area contributed by atoms with Gasteiger partial charge in [-0.2, -0.15) is 0 Å². The van der Waals surface area contributed by atoms with Crippen LogP contribution in [-0.4, -0.2) is 28.2 Å². The molecule has 2 fully saturated rings. The number of hydrogen-bond acceptors (Lipinski definition) is 3. The van der Waals surface area contributed by atoms with Crippen LogP contribution in [0.4, 0.5) is 0 Å². The van der Waals surface area contributed by atoms with E-state index in [1.807, 2.05) is 6.20 Å². The highest BCUT2D eigenvalue weighted by molar-refractivity contribution is 7.99. The first kappa shape index (κ1) is 16.3. The minimum Gasteiger partial charge on any atom is -0.296 e. The standard InChI is InChI=1S/C19H30N2S/c1-2-14-21-15-7-6-12-18(21)17-11-8-13-20-19(17)22-16-9-4-3-5-10-16/h8,11,13,16,18H,2-7,9-10,12,14-15H2,1H3/t18-/m0/s1. The van der Waals surface area contributed by atoms with Crippen LogP contribution in [0, 0.1) is 0 Å². The van der Waals surface area contributed by atoms with Crippen molar-refractivity contribution in [1.29, 1.82) is 0 Å². The number of pyridine rings is 1. The molecule has 0 radical (unpaired) electrons. The first-order valence-electron chi connectivity index (χ1n) is 9.24. The van der Waals surface area contributed by atoms with Gasteiger partial charge in [-0.15, -0.1) is 11.8 Å². The van der Waals surface area contributed by atoms with Crippen LogP contribution in [0.1, 0.15) is 76.3 Å². The van der Waals surface area contributed by atoms with Gasteiger partial charge in [-0.25, -0.2) is 4.98 Å². The zero-order valence-corrected chi connectivity index (χ0v) is 14.8. The summed E-state index contributed by atoms with van der Waals surface area (Å²) in [5.41, 5.74) is 1.51. The minimum absolute atomic E-state index is 0.605. The lowest BCUT2D eigenvalue weighted by Gasteiger charge is -2.36. The highest BCUT2D eigenvalue weighted by Gasteiger charge is 2.27. The van der Waals surface area contributed by atoms with Crippen LogP contribution in [0.25, 0.3) is 0 Å². The predicted octanol–water partition coefficient (Wildman–Crippen LogP) is 5.44. The second-order valence-corrected chi connectivity index (χ2v) is 8.11. The molecule has 1 saturated carbocycles. The van der Waals surface area contributed by atoms with Crippen LogP contribution in [0.3, 0.4) is 0 Å². The van der Waals surface area contributed by atoms with Gasteiger partial charge in [-0.3, -0.25) is 4.90 Å². The van der Waals surface area contributed by atoms with Gasteiger partial charge in [-0.05, 0) is 51.3 Å². The van der Waals surface area contributed by atoms with Gasteiger partial charge in [0.25, 0.3) is 0 Å². The van der Waals surface area contributed by atoms with E-state index in [1.54, 1.807) is 0 Å². The summed E-state index contributed by atoms with van der Waals surface area (Å²) in [6.45, 7) is 4.79. The molecule has 0 N–H and O–H groups in total. The summed E-state index contributed by atoms with van der Waals surface area (Å²) in [5, 5.41) is 2.12. The summed E-state index contributed by atoms with van der Waals surface area (Å²) in [7, 11) is 0. The van der Waals surface area contributed by atoms with E-state index in [1.165, 1.54) is 81.5 Å². The number of piperidine rings is 1. The fraction of sp³-hybridized carbons (Fsp3) is 0.737. The van der Waals surface area contributed by atoms with Crippen LogP contribution in [0.15, 0.2) is 23.4 Å². The van der Waals surface area contributed by atoms with Gasteiger partial charge in [0.05, 0.1) is 0 Å². The number of likely N-dealkylation sites (tertiary alicyclic amines) is 1. The van der Waals surface area contributed by atoms with E-state index in [-0.39, 0.29) is 0 Å². The van der Waals surface area contributed by atoms with E-state index >= 15 is 0 Å². The Morgan fingerprint density at radius 3 is 2.77 bits per heavy atom. The summed E-state index contributed by atoms with van der Waals surface area (Å²) in [6, 6.07) is 5.09. The van der Waals surface area contributed by atoms with E-state index in [2.05, 4.69) is 35.7 Å². The van der Waals surface area contributed by atoms with Gasteiger partial charge < -0.3 is 0 Å². The molecular weight excluding hydrogens is 288 g/mol. The molecule has 3 heteroatoms. The Kier molecular flexibility index (Phi) is 6.20. The highest BCUT2D eigenvalue weighted by atomic mass is 32.2. The normalized spacial score (nSPS) is 24.5. The number of nitrogens with zero attached hydrogens (tertiary/aromatic N) is 2. The van der Waals surface area contributed by atoms with E-state index in [0.717, 1.165) is 5.25 Å². The van der Waals surface area contributed by atoms with Crippen molar-refractivity contribution in [2.45, 2.75) is 81.0 Å². The number of rotatable bonds is 5. The molecule has 2 aliphatic rings. The molecule has 1 atom stereocenters. The molecule has 3 rings (SSSR count). The van der Waals surface area contributed by atoms with Gasteiger partial charge >= 0.3 is 0 Å². The Balaban J connectivity index is 1.76. The molecule has 0 spiro atoms. The van der Waals surface area contributed by atoms with E-state index in [4.69, 9.17) is 4.98 Å². The SMILES string of the molecule is CCCN1CCCC[C@H]1c1cccnc1SC1CCCCC1. The minimum atomic E-state index is 0.605. The Hall–Kier alpha value is -0.540. The third kappa shape index (κ3) is 4.05. The molecule has 122 valence electrons. The first-order chi connectivity index (χ1) is 10.9. The Bertz CT molecular complexity index is 455. The van der Waals surface area contributed by atoms with Crippen LogP contribution >= 0.6 is 11.8 Å². The Morgan fingerprint density at radius 1 is 1.14 bits per heavy atom. The molecule has 1 saturated heterocycles. The predicted molar refractivity (Wildman–Crippen MR) is 95.4 cm³/mol. The molecule has 2 heterocycles. The second kappa shape index (κ2) is 8.35. The molecule has 1 aliphatic carbocycles. The van der Waals surface area contributed by atoms with Crippen molar-refractivity contribution in [2.24, 2.45) is 0 Å². The molecule has 1 aromatic rings. The van der Waals surface area contributed by atoms with E-state index < -0.39 is 0 Å². The largest absolute Gasteiger partial charge is 0.296 e. The zero-order valence-electron chi connectivity index (χ0n) is 14.0.